The fourth-order valence-corrected chi connectivity index (χ4v) is 2.95. The molecule has 0 bridgehead atoms. The highest BCUT2D eigenvalue weighted by Gasteiger charge is 2.18. The van der Waals surface area contributed by atoms with Gasteiger partial charge < -0.3 is 14.0 Å². The first-order valence-electron chi connectivity index (χ1n) is 9.10. The Kier molecular flexibility index (Phi) is 4.99. The van der Waals surface area contributed by atoms with Gasteiger partial charge in [0.25, 0.3) is 5.89 Å². The largest absolute Gasteiger partial charge is 0.497 e. The summed E-state index contributed by atoms with van der Waals surface area (Å²) < 4.78 is 17.9. The number of hydrogen-bond donors (Lipinski definition) is 0. The second kappa shape index (κ2) is 7.75. The summed E-state index contributed by atoms with van der Waals surface area (Å²) >= 11 is 0. The van der Waals surface area contributed by atoms with Gasteiger partial charge >= 0.3 is 0 Å². The maximum atomic E-state index is 5.45. The van der Waals surface area contributed by atoms with E-state index in [1.165, 1.54) is 5.56 Å². The van der Waals surface area contributed by atoms with Gasteiger partial charge in [0.15, 0.2) is 5.69 Å². The second-order valence-corrected chi connectivity index (χ2v) is 6.69. The second-order valence-electron chi connectivity index (χ2n) is 6.69. The standard InChI is InChI=1S/C21H21N5O3/c1-13-5-7-15(8-6-13)12-26-14(2)19(23-25-26)20-22-21(29-24-20)16-9-17(27-3)11-18(10-16)28-4/h5-11H,12H2,1-4H3. The molecule has 0 amide bonds. The first kappa shape index (κ1) is 18.7. The Morgan fingerprint density at radius 2 is 1.66 bits per heavy atom. The molecule has 0 aliphatic carbocycles. The van der Waals surface area contributed by atoms with E-state index in [0.717, 1.165) is 11.3 Å². The Hall–Kier alpha value is -3.68. The van der Waals surface area contributed by atoms with E-state index in [1.54, 1.807) is 32.4 Å². The van der Waals surface area contributed by atoms with Crippen molar-refractivity contribution in [2.45, 2.75) is 20.4 Å². The van der Waals surface area contributed by atoms with Gasteiger partial charge in [-0.2, -0.15) is 4.98 Å². The van der Waals surface area contributed by atoms with Crippen molar-refractivity contribution in [3.05, 3.63) is 59.3 Å². The van der Waals surface area contributed by atoms with Gasteiger partial charge in [-0.05, 0) is 31.5 Å². The maximum Gasteiger partial charge on any atom is 0.258 e. The zero-order valence-electron chi connectivity index (χ0n) is 16.7. The van der Waals surface area contributed by atoms with Gasteiger partial charge in [-0.1, -0.05) is 40.2 Å². The average Bonchev–Trinajstić information content (AvgIpc) is 3.36. The molecule has 2 heterocycles. The van der Waals surface area contributed by atoms with Crippen LogP contribution in [0.15, 0.2) is 47.0 Å². The Morgan fingerprint density at radius 1 is 0.966 bits per heavy atom. The zero-order chi connectivity index (χ0) is 20.4. The van der Waals surface area contributed by atoms with Crippen LogP contribution in [0, 0.1) is 13.8 Å². The Balaban J connectivity index is 1.62. The molecule has 148 valence electrons. The lowest BCUT2D eigenvalue weighted by molar-refractivity contribution is 0.393. The molecule has 8 nitrogen and oxygen atoms in total. The van der Waals surface area contributed by atoms with Gasteiger partial charge in [0, 0.05) is 11.6 Å². The molecule has 8 heteroatoms. The summed E-state index contributed by atoms with van der Waals surface area (Å²) in [6, 6.07) is 13.7. The number of benzene rings is 2. The van der Waals surface area contributed by atoms with Crippen LogP contribution in [0.25, 0.3) is 23.0 Å². The summed E-state index contributed by atoms with van der Waals surface area (Å²) in [7, 11) is 3.18. The van der Waals surface area contributed by atoms with Crippen molar-refractivity contribution in [1.29, 1.82) is 0 Å². The van der Waals surface area contributed by atoms with E-state index in [1.807, 2.05) is 11.6 Å². The van der Waals surface area contributed by atoms with E-state index >= 15 is 0 Å². The third-order valence-electron chi connectivity index (χ3n) is 4.67. The molecule has 29 heavy (non-hydrogen) atoms. The van der Waals surface area contributed by atoms with Crippen LogP contribution in [-0.2, 0) is 6.54 Å². The van der Waals surface area contributed by atoms with Crippen LogP contribution in [0.5, 0.6) is 11.5 Å². The number of nitrogens with zero attached hydrogens (tertiary/aromatic N) is 5. The van der Waals surface area contributed by atoms with E-state index in [9.17, 15) is 0 Å². The van der Waals surface area contributed by atoms with Gasteiger partial charge in [-0.25, -0.2) is 4.68 Å². The monoisotopic (exact) mass is 391 g/mol. The Labute approximate surface area is 168 Å². The number of aromatic nitrogens is 5. The van der Waals surface area contributed by atoms with E-state index in [4.69, 9.17) is 14.0 Å². The normalized spacial score (nSPS) is 10.9. The number of methoxy groups -OCH3 is 2. The van der Waals surface area contributed by atoms with Gasteiger partial charge in [0.1, 0.15) is 11.5 Å². The third-order valence-corrected chi connectivity index (χ3v) is 4.67. The first-order chi connectivity index (χ1) is 14.1. The SMILES string of the molecule is COc1cc(OC)cc(-c2nc(-c3nnn(Cc4ccc(C)cc4)c3C)no2)c1. The first-order valence-corrected chi connectivity index (χ1v) is 9.10. The number of hydrogen-bond acceptors (Lipinski definition) is 7. The Bertz CT molecular complexity index is 1110. The lowest BCUT2D eigenvalue weighted by atomic mass is 10.1. The van der Waals surface area contributed by atoms with E-state index in [-0.39, 0.29) is 0 Å². The molecule has 4 rings (SSSR count). The molecular formula is C21H21N5O3. The molecule has 0 spiro atoms. The maximum absolute atomic E-state index is 5.45. The lowest BCUT2D eigenvalue weighted by Crippen LogP contribution is -2.04. The van der Waals surface area contributed by atoms with Gasteiger partial charge in [-0.3, -0.25) is 0 Å². The molecule has 0 radical (unpaired) electrons. The van der Waals surface area contributed by atoms with Crippen LogP contribution in [0.2, 0.25) is 0 Å². The molecule has 0 N–H and O–H groups in total. The van der Waals surface area contributed by atoms with E-state index in [2.05, 4.69) is 51.6 Å². The van der Waals surface area contributed by atoms with Crippen LogP contribution < -0.4 is 9.47 Å². The van der Waals surface area contributed by atoms with Crippen LogP contribution in [0.3, 0.4) is 0 Å². The van der Waals surface area contributed by atoms with Crippen LogP contribution in [-0.4, -0.2) is 39.4 Å². The van der Waals surface area contributed by atoms with Crippen molar-refractivity contribution in [3.63, 3.8) is 0 Å². The summed E-state index contributed by atoms with van der Waals surface area (Å²) in [5, 5.41) is 12.6. The van der Waals surface area contributed by atoms with Crippen molar-refractivity contribution in [2.24, 2.45) is 0 Å². The topological polar surface area (TPSA) is 88.1 Å². The minimum atomic E-state index is 0.352. The zero-order valence-corrected chi connectivity index (χ0v) is 16.7. The lowest BCUT2D eigenvalue weighted by Gasteiger charge is -2.05. The minimum absolute atomic E-state index is 0.352. The molecule has 4 aromatic rings. The smallest absolute Gasteiger partial charge is 0.258 e. The van der Waals surface area contributed by atoms with Crippen molar-refractivity contribution >= 4 is 0 Å². The molecule has 0 fully saturated rings. The van der Waals surface area contributed by atoms with Crippen molar-refractivity contribution in [1.82, 2.24) is 25.1 Å². The average molecular weight is 391 g/mol. The molecule has 2 aromatic heterocycles. The number of aryl methyl sites for hydroxylation is 1. The predicted octanol–water partition coefficient (Wildman–Crippen LogP) is 3.68. The van der Waals surface area contributed by atoms with Crippen molar-refractivity contribution in [2.75, 3.05) is 14.2 Å². The molecular weight excluding hydrogens is 370 g/mol. The molecule has 0 aliphatic rings. The summed E-state index contributed by atoms with van der Waals surface area (Å²) in [5.41, 5.74) is 4.51. The fraction of sp³-hybridized carbons (Fsp3) is 0.238. The summed E-state index contributed by atoms with van der Waals surface area (Å²) in [6.45, 7) is 4.62. The molecule has 0 saturated heterocycles. The van der Waals surface area contributed by atoms with Crippen molar-refractivity contribution in [3.8, 4) is 34.5 Å². The Morgan fingerprint density at radius 3 is 2.31 bits per heavy atom. The van der Waals surface area contributed by atoms with Crippen LogP contribution >= 0.6 is 0 Å². The summed E-state index contributed by atoms with van der Waals surface area (Å²) in [4.78, 5) is 4.49. The summed E-state index contributed by atoms with van der Waals surface area (Å²) in [6.07, 6.45) is 0. The van der Waals surface area contributed by atoms with Gasteiger partial charge in [0.05, 0.1) is 26.5 Å². The highest BCUT2D eigenvalue weighted by atomic mass is 16.5. The summed E-state index contributed by atoms with van der Waals surface area (Å²) in [5.74, 6) is 2.01. The molecule has 0 aliphatic heterocycles. The molecule has 0 atom stereocenters. The quantitative estimate of drug-likeness (QED) is 0.495. The molecule has 0 unspecified atom stereocenters. The van der Waals surface area contributed by atoms with Gasteiger partial charge in [-0.15, -0.1) is 5.10 Å². The van der Waals surface area contributed by atoms with Crippen LogP contribution in [0.1, 0.15) is 16.8 Å². The van der Waals surface area contributed by atoms with E-state index < -0.39 is 0 Å². The number of rotatable bonds is 6. The minimum Gasteiger partial charge on any atom is -0.497 e. The third kappa shape index (κ3) is 3.82. The number of ether oxygens (including phenoxy) is 2. The molecule has 0 saturated carbocycles. The fourth-order valence-electron chi connectivity index (χ4n) is 2.95. The molecule has 2 aromatic carbocycles. The predicted molar refractivity (Wildman–Crippen MR) is 107 cm³/mol. The van der Waals surface area contributed by atoms with Gasteiger partial charge in [0.2, 0.25) is 5.82 Å². The van der Waals surface area contributed by atoms with Crippen molar-refractivity contribution < 1.29 is 14.0 Å². The highest BCUT2D eigenvalue weighted by molar-refractivity contribution is 5.62. The van der Waals surface area contributed by atoms with E-state index in [0.29, 0.717) is 41.0 Å². The highest BCUT2D eigenvalue weighted by Crippen LogP contribution is 2.30. The van der Waals surface area contributed by atoms with Crippen LogP contribution in [0.4, 0.5) is 0 Å².